The van der Waals surface area contributed by atoms with E-state index in [0.29, 0.717) is 28.6 Å². The van der Waals surface area contributed by atoms with E-state index in [2.05, 4.69) is 20.0 Å². The summed E-state index contributed by atoms with van der Waals surface area (Å²) in [4.78, 5) is 28.0. The first kappa shape index (κ1) is 16.3. The van der Waals surface area contributed by atoms with Gasteiger partial charge in [0.05, 0.1) is 24.2 Å². The molecule has 0 aliphatic carbocycles. The first-order valence-electron chi connectivity index (χ1n) is 7.28. The van der Waals surface area contributed by atoms with Gasteiger partial charge >= 0.3 is 5.97 Å². The van der Waals surface area contributed by atoms with Gasteiger partial charge in [-0.2, -0.15) is 0 Å². The van der Waals surface area contributed by atoms with Gasteiger partial charge in [0, 0.05) is 6.07 Å². The highest BCUT2D eigenvalue weighted by molar-refractivity contribution is 6.52. The lowest BCUT2D eigenvalue weighted by Crippen LogP contribution is -2.13. The van der Waals surface area contributed by atoms with E-state index in [1.807, 2.05) is 0 Å². The number of hydrogen-bond acceptors (Lipinski definition) is 5. The molecule has 0 amide bonds. The SMILES string of the molecule is COc1cc(N=C2N=C(C)C(c3cccc(C(=O)O)n3)=N2)ccc1O. The van der Waals surface area contributed by atoms with Crippen LogP contribution in [0.5, 0.6) is 11.5 Å². The zero-order valence-corrected chi connectivity index (χ0v) is 13.5. The Morgan fingerprint density at radius 1 is 1.20 bits per heavy atom. The van der Waals surface area contributed by atoms with Crippen LogP contribution in [-0.4, -0.2) is 45.7 Å². The zero-order chi connectivity index (χ0) is 18.0. The van der Waals surface area contributed by atoms with E-state index in [9.17, 15) is 9.90 Å². The molecule has 8 heteroatoms. The Hall–Kier alpha value is -3.55. The summed E-state index contributed by atoms with van der Waals surface area (Å²) < 4.78 is 5.04. The quantitative estimate of drug-likeness (QED) is 0.888. The predicted molar refractivity (Wildman–Crippen MR) is 92.6 cm³/mol. The van der Waals surface area contributed by atoms with Crippen LogP contribution in [0.1, 0.15) is 23.1 Å². The van der Waals surface area contributed by atoms with Gasteiger partial charge in [-0.25, -0.2) is 24.8 Å². The molecule has 0 saturated heterocycles. The van der Waals surface area contributed by atoms with Crippen molar-refractivity contribution in [3.63, 3.8) is 0 Å². The van der Waals surface area contributed by atoms with Crippen LogP contribution in [0, 0.1) is 0 Å². The van der Waals surface area contributed by atoms with E-state index in [4.69, 9.17) is 9.84 Å². The third-order valence-electron chi connectivity index (χ3n) is 3.43. The normalized spacial score (nSPS) is 15.0. The van der Waals surface area contributed by atoms with E-state index >= 15 is 0 Å². The summed E-state index contributed by atoms with van der Waals surface area (Å²) in [5.74, 6) is -0.597. The second-order valence-corrected chi connectivity index (χ2v) is 5.14. The number of aromatic nitrogens is 1. The second kappa shape index (κ2) is 6.52. The Morgan fingerprint density at radius 2 is 2.00 bits per heavy atom. The van der Waals surface area contributed by atoms with Crippen molar-refractivity contribution in [1.29, 1.82) is 0 Å². The average molecular weight is 338 g/mol. The molecule has 0 spiro atoms. The Balaban J connectivity index is 1.96. The summed E-state index contributed by atoms with van der Waals surface area (Å²) >= 11 is 0. The number of nitrogens with zero attached hydrogens (tertiary/aromatic N) is 4. The van der Waals surface area contributed by atoms with E-state index in [1.54, 1.807) is 31.2 Å². The topological polar surface area (TPSA) is 117 Å². The minimum Gasteiger partial charge on any atom is -0.504 e. The van der Waals surface area contributed by atoms with Gasteiger partial charge in [0.2, 0.25) is 0 Å². The fourth-order valence-corrected chi connectivity index (χ4v) is 2.24. The van der Waals surface area contributed by atoms with Crippen LogP contribution >= 0.6 is 0 Å². The van der Waals surface area contributed by atoms with Crippen molar-refractivity contribution in [3.05, 3.63) is 47.8 Å². The summed E-state index contributed by atoms with van der Waals surface area (Å²) in [6.45, 7) is 1.74. The number of aromatic hydroxyl groups is 1. The molecule has 2 heterocycles. The van der Waals surface area contributed by atoms with Gasteiger partial charge in [-0.15, -0.1) is 0 Å². The number of rotatable bonds is 4. The standard InChI is InChI=1S/C17H14N4O4/c1-9-15(11-4-3-5-12(20-11)16(23)24)21-17(18-9)19-10-6-7-13(22)14(8-10)25-2/h3-8,22H,1-2H3,(H,23,24). The van der Waals surface area contributed by atoms with Crippen LogP contribution in [-0.2, 0) is 0 Å². The number of pyridine rings is 1. The largest absolute Gasteiger partial charge is 0.504 e. The molecule has 1 aliphatic rings. The van der Waals surface area contributed by atoms with Crippen LogP contribution < -0.4 is 4.74 Å². The van der Waals surface area contributed by atoms with Crippen LogP contribution in [0.2, 0.25) is 0 Å². The van der Waals surface area contributed by atoms with Gasteiger partial charge in [-0.1, -0.05) is 6.07 Å². The van der Waals surface area contributed by atoms with Crippen molar-refractivity contribution < 1.29 is 19.7 Å². The Labute approximate surface area is 142 Å². The number of carboxylic acids is 1. The molecule has 1 aromatic carbocycles. The molecule has 2 N–H and O–H groups in total. The zero-order valence-electron chi connectivity index (χ0n) is 13.5. The third-order valence-corrected chi connectivity index (χ3v) is 3.43. The lowest BCUT2D eigenvalue weighted by Gasteiger charge is -2.03. The smallest absolute Gasteiger partial charge is 0.354 e. The van der Waals surface area contributed by atoms with Crippen molar-refractivity contribution in [2.75, 3.05) is 7.11 Å². The predicted octanol–water partition coefficient (Wildman–Crippen LogP) is 2.45. The Kier molecular flexibility index (Phi) is 4.25. The summed E-state index contributed by atoms with van der Waals surface area (Å²) in [5.41, 5.74) is 1.90. The van der Waals surface area contributed by atoms with E-state index in [1.165, 1.54) is 19.2 Å². The monoisotopic (exact) mass is 338 g/mol. The summed E-state index contributed by atoms with van der Waals surface area (Å²) in [7, 11) is 1.45. The maximum Gasteiger partial charge on any atom is 0.354 e. The van der Waals surface area contributed by atoms with Crippen LogP contribution in [0.25, 0.3) is 0 Å². The van der Waals surface area contributed by atoms with Gasteiger partial charge < -0.3 is 14.9 Å². The Bertz CT molecular complexity index is 947. The summed E-state index contributed by atoms with van der Waals surface area (Å²) in [6.07, 6.45) is 0. The highest BCUT2D eigenvalue weighted by atomic mass is 16.5. The van der Waals surface area contributed by atoms with Crippen molar-refractivity contribution >= 4 is 29.0 Å². The molecule has 0 atom stereocenters. The number of methoxy groups -OCH3 is 1. The fraction of sp³-hybridized carbons (Fsp3) is 0.118. The number of phenols is 1. The fourth-order valence-electron chi connectivity index (χ4n) is 2.24. The molecule has 0 radical (unpaired) electrons. The number of aromatic carboxylic acids is 1. The molecular formula is C17H14N4O4. The van der Waals surface area contributed by atoms with Crippen molar-refractivity contribution in [3.8, 4) is 11.5 Å². The molecule has 1 aliphatic heterocycles. The number of aliphatic imine (C=N–C) groups is 3. The van der Waals surface area contributed by atoms with E-state index in [-0.39, 0.29) is 17.4 Å². The molecule has 2 aromatic rings. The molecule has 0 bridgehead atoms. The number of phenolic OH excluding ortho intramolecular Hbond substituents is 1. The first-order valence-corrected chi connectivity index (χ1v) is 7.28. The maximum atomic E-state index is 11.1. The van der Waals surface area contributed by atoms with Gasteiger partial charge in [0.1, 0.15) is 11.4 Å². The van der Waals surface area contributed by atoms with E-state index in [0.717, 1.165) is 0 Å². The average Bonchev–Trinajstić information content (AvgIpc) is 2.97. The van der Waals surface area contributed by atoms with Crippen LogP contribution in [0.3, 0.4) is 0 Å². The molecule has 0 fully saturated rings. The lowest BCUT2D eigenvalue weighted by atomic mass is 10.1. The van der Waals surface area contributed by atoms with Crippen molar-refractivity contribution in [2.24, 2.45) is 15.0 Å². The van der Waals surface area contributed by atoms with Crippen molar-refractivity contribution in [2.45, 2.75) is 6.92 Å². The minimum absolute atomic E-state index is 0.0106. The number of carbonyl (C=O) groups is 1. The highest BCUT2D eigenvalue weighted by Gasteiger charge is 2.19. The van der Waals surface area contributed by atoms with Crippen molar-refractivity contribution in [1.82, 2.24) is 4.98 Å². The lowest BCUT2D eigenvalue weighted by molar-refractivity contribution is 0.0690. The molecule has 0 unspecified atom stereocenters. The number of guanidine groups is 1. The number of ether oxygens (including phenoxy) is 1. The first-order chi connectivity index (χ1) is 12.0. The Morgan fingerprint density at radius 3 is 2.72 bits per heavy atom. The number of carboxylic acid groups (broad SMARTS) is 1. The molecule has 8 nitrogen and oxygen atoms in total. The second-order valence-electron chi connectivity index (χ2n) is 5.14. The van der Waals surface area contributed by atoms with Gasteiger partial charge in [0.25, 0.3) is 5.96 Å². The molecule has 25 heavy (non-hydrogen) atoms. The molecule has 126 valence electrons. The van der Waals surface area contributed by atoms with Gasteiger partial charge in [-0.05, 0) is 31.2 Å². The van der Waals surface area contributed by atoms with Crippen LogP contribution in [0.15, 0.2) is 51.4 Å². The van der Waals surface area contributed by atoms with Crippen LogP contribution in [0.4, 0.5) is 5.69 Å². The maximum absolute atomic E-state index is 11.1. The number of benzene rings is 1. The molecular weight excluding hydrogens is 324 g/mol. The molecule has 0 saturated carbocycles. The molecule has 3 rings (SSSR count). The molecule has 1 aromatic heterocycles. The van der Waals surface area contributed by atoms with Gasteiger partial charge in [-0.3, -0.25) is 0 Å². The minimum atomic E-state index is -1.11. The third kappa shape index (κ3) is 3.37. The number of hydrogen-bond donors (Lipinski definition) is 2. The summed E-state index contributed by atoms with van der Waals surface area (Å²) in [6, 6.07) is 9.30. The summed E-state index contributed by atoms with van der Waals surface area (Å²) in [5, 5.41) is 18.7. The highest BCUT2D eigenvalue weighted by Crippen LogP contribution is 2.30. The van der Waals surface area contributed by atoms with Gasteiger partial charge in [0.15, 0.2) is 11.5 Å². The van der Waals surface area contributed by atoms with E-state index < -0.39 is 5.97 Å².